The number of H-pyrrole nitrogens is 1. The van der Waals surface area contributed by atoms with Gasteiger partial charge in [-0.2, -0.15) is 5.10 Å². The lowest BCUT2D eigenvalue weighted by Gasteiger charge is -2.12. The number of hydrogen-bond donors (Lipinski definition) is 3. The Kier molecular flexibility index (Phi) is 3.74. The fraction of sp³-hybridized carbons (Fsp3) is 0.727. The predicted molar refractivity (Wildman–Crippen MR) is 68.6 cm³/mol. The van der Waals surface area contributed by atoms with Crippen molar-refractivity contribution in [2.75, 3.05) is 7.05 Å². The smallest absolute Gasteiger partial charge is 0.260 e. The molecule has 1 aromatic rings. The van der Waals surface area contributed by atoms with E-state index in [0.717, 1.165) is 18.5 Å². The van der Waals surface area contributed by atoms with Crippen molar-refractivity contribution in [3.05, 3.63) is 11.3 Å². The van der Waals surface area contributed by atoms with E-state index in [9.17, 15) is 8.42 Å². The summed E-state index contributed by atoms with van der Waals surface area (Å²) in [4.78, 5) is 0. The molecule has 1 unspecified atom stereocenters. The highest BCUT2D eigenvalue weighted by Crippen LogP contribution is 2.33. The summed E-state index contributed by atoms with van der Waals surface area (Å²) in [6.45, 7) is 4.21. The molecule has 6 nitrogen and oxygen atoms in total. The van der Waals surface area contributed by atoms with Gasteiger partial charge < -0.3 is 5.32 Å². The fourth-order valence-corrected chi connectivity index (χ4v) is 3.54. The number of nitrogens with zero attached hydrogens (tertiary/aromatic N) is 1. The van der Waals surface area contributed by atoms with Gasteiger partial charge in [0.15, 0.2) is 5.03 Å². The van der Waals surface area contributed by atoms with Gasteiger partial charge in [0.25, 0.3) is 10.0 Å². The van der Waals surface area contributed by atoms with Crippen molar-refractivity contribution in [1.29, 1.82) is 0 Å². The first kappa shape index (κ1) is 13.5. The quantitative estimate of drug-likeness (QED) is 0.704. The number of aromatic nitrogens is 2. The standard InChI is InChI=1S/C11H20N4O2S/c1-7(9-4-5-9)15-18(16,17)11-10(6-12-3)8(2)13-14-11/h7,9,12,15H,4-6H2,1-3H3,(H,13,14). The summed E-state index contributed by atoms with van der Waals surface area (Å²) >= 11 is 0. The second kappa shape index (κ2) is 4.99. The Labute approximate surface area is 108 Å². The molecule has 1 aromatic heterocycles. The Morgan fingerprint density at radius 2 is 2.17 bits per heavy atom. The SMILES string of the molecule is CNCc1c(S(=O)(=O)NC(C)C2CC2)n[nH]c1C. The molecule has 3 N–H and O–H groups in total. The highest BCUT2D eigenvalue weighted by atomic mass is 32.2. The lowest BCUT2D eigenvalue weighted by molar-refractivity contribution is 0.533. The van der Waals surface area contributed by atoms with Crippen LogP contribution in [0.15, 0.2) is 5.03 Å². The molecule has 1 fully saturated rings. The molecule has 0 radical (unpaired) electrons. The maximum Gasteiger partial charge on any atom is 0.260 e. The Balaban J connectivity index is 2.23. The fourth-order valence-electron chi connectivity index (χ4n) is 2.03. The maximum atomic E-state index is 12.3. The average molecular weight is 272 g/mol. The van der Waals surface area contributed by atoms with E-state index in [1.54, 1.807) is 7.05 Å². The molecule has 18 heavy (non-hydrogen) atoms. The van der Waals surface area contributed by atoms with Crippen LogP contribution in [0.3, 0.4) is 0 Å². The monoisotopic (exact) mass is 272 g/mol. The summed E-state index contributed by atoms with van der Waals surface area (Å²) in [6.07, 6.45) is 2.21. The zero-order valence-corrected chi connectivity index (χ0v) is 11.8. The molecule has 102 valence electrons. The average Bonchev–Trinajstić information content (AvgIpc) is 3.05. The third-order valence-electron chi connectivity index (χ3n) is 3.31. The van der Waals surface area contributed by atoms with Gasteiger partial charge in [0.2, 0.25) is 0 Å². The zero-order chi connectivity index (χ0) is 13.3. The molecule has 0 spiro atoms. The number of nitrogens with one attached hydrogen (secondary N) is 3. The first-order chi connectivity index (χ1) is 8.45. The van der Waals surface area contributed by atoms with E-state index in [1.807, 2.05) is 13.8 Å². The van der Waals surface area contributed by atoms with Crippen LogP contribution in [0.1, 0.15) is 31.0 Å². The van der Waals surface area contributed by atoms with Gasteiger partial charge >= 0.3 is 0 Å². The van der Waals surface area contributed by atoms with E-state index < -0.39 is 10.0 Å². The van der Waals surface area contributed by atoms with Gasteiger partial charge in [0.1, 0.15) is 0 Å². The second-order valence-electron chi connectivity index (χ2n) is 4.91. The van der Waals surface area contributed by atoms with Crippen molar-refractivity contribution in [1.82, 2.24) is 20.2 Å². The maximum absolute atomic E-state index is 12.3. The number of aryl methyl sites for hydroxylation is 1. The molecular formula is C11H20N4O2S. The third kappa shape index (κ3) is 2.73. The summed E-state index contributed by atoms with van der Waals surface area (Å²) in [6, 6.07) is -0.0190. The van der Waals surface area contributed by atoms with Crippen molar-refractivity contribution >= 4 is 10.0 Å². The predicted octanol–water partition coefficient (Wildman–Crippen LogP) is 0.514. The van der Waals surface area contributed by atoms with E-state index in [-0.39, 0.29) is 11.1 Å². The molecule has 1 aliphatic rings. The zero-order valence-electron chi connectivity index (χ0n) is 10.9. The molecule has 0 saturated heterocycles. The molecule has 2 rings (SSSR count). The summed E-state index contributed by atoms with van der Waals surface area (Å²) in [7, 11) is -1.75. The van der Waals surface area contributed by atoms with Gasteiger partial charge in [-0.05, 0) is 39.7 Å². The third-order valence-corrected chi connectivity index (χ3v) is 4.84. The molecule has 0 bridgehead atoms. The Hall–Kier alpha value is -0.920. The normalized spacial score (nSPS) is 17.9. The summed E-state index contributed by atoms with van der Waals surface area (Å²) in [5.41, 5.74) is 1.48. The number of rotatable bonds is 6. The number of aromatic amines is 1. The van der Waals surface area contributed by atoms with Gasteiger partial charge in [-0.15, -0.1) is 0 Å². The molecule has 1 atom stereocenters. The lowest BCUT2D eigenvalue weighted by Crippen LogP contribution is -2.35. The van der Waals surface area contributed by atoms with Crippen molar-refractivity contribution < 1.29 is 8.42 Å². The van der Waals surface area contributed by atoms with Crippen LogP contribution in [0.2, 0.25) is 0 Å². The van der Waals surface area contributed by atoms with Crippen LogP contribution < -0.4 is 10.0 Å². The van der Waals surface area contributed by atoms with E-state index >= 15 is 0 Å². The Morgan fingerprint density at radius 1 is 1.50 bits per heavy atom. The molecule has 1 heterocycles. The largest absolute Gasteiger partial charge is 0.316 e. The van der Waals surface area contributed by atoms with Gasteiger partial charge in [-0.25, -0.2) is 13.1 Å². The molecule has 1 saturated carbocycles. The molecule has 0 aliphatic heterocycles. The summed E-state index contributed by atoms with van der Waals surface area (Å²) in [5, 5.41) is 9.73. The second-order valence-corrected chi connectivity index (χ2v) is 6.54. The minimum Gasteiger partial charge on any atom is -0.316 e. The van der Waals surface area contributed by atoms with E-state index in [1.165, 1.54) is 0 Å². The van der Waals surface area contributed by atoms with Crippen LogP contribution in [0.5, 0.6) is 0 Å². The van der Waals surface area contributed by atoms with Crippen molar-refractivity contribution in [3.8, 4) is 0 Å². The molecule has 0 aromatic carbocycles. The van der Waals surface area contributed by atoms with Crippen LogP contribution in [0, 0.1) is 12.8 Å². The lowest BCUT2D eigenvalue weighted by atomic mass is 10.2. The highest BCUT2D eigenvalue weighted by Gasteiger charge is 2.33. The number of sulfonamides is 1. The minimum atomic E-state index is -3.53. The minimum absolute atomic E-state index is 0.0190. The Bertz CT molecular complexity index is 519. The van der Waals surface area contributed by atoms with Gasteiger partial charge in [0.05, 0.1) is 0 Å². The topological polar surface area (TPSA) is 86.9 Å². The van der Waals surface area contributed by atoms with Gasteiger partial charge in [0, 0.05) is 23.8 Å². The van der Waals surface area contributed by atoms with Crippen molar-refractivity contribution in [2.45, 2.75) is 44.3 Å². The molecular weight excluding hydrogens is 252 g/mol. The van der Waals surface area contributed by atoms with Crippen LogP contribution in [0.25, 0.3) is 0 Å². The molecule has 0 amide bonds. The first-order valence-corrected chi connectivity index (χ1v) is 7.64. The number of hydrogen-bond acceptors (Lipinski definition) is 4. The van der Waals surface area contributed by atoms with Crippen LogP contribution in [-0.2, 0) is 16.6 Å². The Morgan fingerprint density at radius 3 is 2.72 bits per heavy atom. The highest BCUT2D eigenvalue weighted by molar-refractivity contribution is 7.89. The van der Waals surface area contributed by atoms with Gasteiger partial charge in [-0.3, -0.25) is 5.10 Å². The van der Waals surface area contributed by atoms with E-state index in [0.29, 0.717) is 18.0 Å². The molecule has 7 heteroatoms. The van der Waals surface area contributed by atoms with Gasteiger partial charge in [-0.1, -0.05) is 0 Å². The van der Waals surface area contributed by atoms with Crippen LogP contribution in [-0.4, -0.2) is 31.7 Å². The van der Waals surface area contributed by atoms with Crippen molar-refractivity contribution in [2.24, 2.45) is 5.92 Å². The molecule has 1 aliphatic carbocycles. The van der Waals surface area contributed by atoms with Crippen LogP contribution >= 0.6 is 0 Å². The van der Waals surface area contributed by atoms with Crippen LogP contribution in [0.4, 0.5) is 0 Å². The van der Waals surface area contributed by atoms with Crippen molar-refractivity contribution in [3.63, 3.8) is 0 Å². The summed E-state index contributed by atoms with van der Waals surface area (Å²) in [5.74, 6) is 0.479. The van der Waals surface area contributed by atoms with E-state index in [2.05, 4.69) is 20.2 Å². The van der Waals surface area contributed by atoms with E-state index in [4.69, 9.17) is 0 Å². The first-order valence-electron chi connectivity index (χ1n) is 6.16. The summed E-state index contributed by atoms with van der Waals surface area (Å²) < 4.78 is 27.2.